The number of unbranched alkanes of at least 4 members (excludes halogenated alkanes) is 1. The maximum atomic E-state index is 12.1. The molecule has 28 heavy (non-hydrogen) atoms. The minimum atomic E-state index is -0.0121. The molecule has 0 spiro atoms. The molecular formula is C23H29NO4. The van der Waals surface area contributed by atoms with Gasteiger partial charge in [0.15, 0.2) is 5.78 Å². The molecule has 5 heteroatoms. The molecule has 0 fully saturated rings. The van der Waals surface area contributed by atoms with Gasteiger partial charge >= 0.3 is 0 Å². The highest BCUT2D eigenvalue weighted by Gasteiger charge is 2.08. The Labute approximate surface area is 167 Å². The van der Waals surface area contributed by atoms with Crippen molar-refractivity contribution in [2.75, 3.05) is 20.3 Å². The van der Waals surface area contributed by atoms with Crippen LogP contribution in [0, 0.1) is 6.92 Å². The van der Waals surface area contributed by atoms with E-state index in [4.69, 9.17) is 9.47 Å². The van der Waals surface area contributed by atoms with Gasteiger partial charge in [0.2, 0.25) is 5.91 Å². The average molecular weight is 383 g/mol. The lowest BCUT2D eigenvalue weighted by atomic mass is 10.1. The molecule has 2 aromatic carbocycles. The maximum absolute atomic E-state index is 12.1. The quantitative estimate of drug-likeness (QED) is 0.438. The first kappa shape index (κ1) is 21.5. The monoisotopic (exact) mass is 383 g/mol. The third-order valence-electron chi connectivity index (χ3n) is 4.40. The van der Waals surface area contributed by atoms with E-state index in [-0.39, 0.29) is 11.7 Å². The molecule has 0 atom stereocenters. The van der Waals surface area contributed by atoms with Crippen LogP contribution in [0.5, 0.6) is 11.5 Å². The SMILES string of the molecule is COc1ccc(C(=O)CCCC(=O)NCCCCOc2ccc(C)cc2)cc1. The van der Waals surface area contributed by atoms with Crippen LogP contribution in [0.15, 0.2) is 48.5 Å². The van der Waals surface area contributed by atoms with E-state index in [2.05, 4.69) is 5.32 Å². The Bertz CT molecular complexity index is 738. The molecule has 5 nitrogen and oxygen atoms in total. The smallest absolute Gasteiger partial charge is 0.220 e. The van der Waals surface area contributed by atoms with Crippen molar-refractivity contribution in [1.82, 2.24) is 5.32 Å². The lowest BCUT2D eigenvalue weighted by molar-refractivity contribution is -0.121. The summed E-state index contributed by atoms with van der Waals surface area (Å²) >= 11 is 0. The topological polar surface area (TPSA) is 64.6 Å². The molecule has 0 saturated heterocycles. The van der Waals surface area contributed by atoms with Gasteiger partial charge in [-0.15, -0.1) is 0 Å². The lowest BCUT2D eigenvalue weighted by Gasteiger charge is -2.07. The third-order valence-corrected chi connectivity index (χ3v) is 4.40. The molecule has 0 aliphatic heterocycles. The first-order chi connectivity index (χ1) is 13.6. The fourth-order valence-electron chi connectivity index (χ4n) is 2.70. The molecule has 0 heterocycles. The average Bonchev–Trinajstić information content (AvgIpc) is 2.72. The zero-order valence-corrected chi connectivity index (χ0v) is 16.7. The minimum absolute atomic E-state index is 0.0121. The van der Waals surface area contributed by atoms with Crippen LogP contribution in [0.1, 0.15) is 48.0 Å². The number of ketones is 1. The van der Waals surface area contributed by atoms with Crippen molar-refractivity contribution >= 4 is 11.7 Å². The van der Waals surface area contributed by atoms with E-state index in [0.717, 1.165) is 24.3 Å². The summed E-state index contributed by atoms with van der Waals surface area (Å²) in [7, 11) is 1.59. The van der Waals surface area contributed by atoms with Crippen molar-refractivity contribution in [3.05, 3.63) is 59.7 Å². The fourth-order valence-corrected chi connectivity index (χ4v) is 2.70. The highest BCUT2D eigenvalue weighted by molar-refractivity contribution is 5.96. The lowest BCUT2D eigenvalue weighted by Crippen LogP contribution is -2.24. The molecular weight excluding hydrogens is 354 g/mol. The van der Waals surface area contributed by atoms with Crippen LogP contribution >= 0.6 is 0 Å². The van der Waals surface area contributed by atoms with Crippen molar-refractivity contribution in [2.24, 2.45) is 0 Å². The summed E-state index contributed by atoms with van der Waals surface area (Å²) in [4.78, 5) is 24.0. The minimum Gasteiger partial charge on any atom is -0.497 e. The summed E-state index contributed by atoms with van der Waals surface area (Å²) in [6.07, 6.45) is 3.02. The Hall–Kier alpha value is -2.82. The normalized spacial score (nSPS) is 10.4. The van der Waals surface area contributed by atoms with E-state index in [9.17, 15) is 9.59 Å². The maximum Gasteiger partial charge on any atom is 0.220 e. The first-order valence-electron chi connectivity index (χ1n) is 9.72. The third kappa shape index (κ3) is 7.82. The second-order valence-electron chi connectivity index (χ2n) is 6.72. The van der Waals surface area contributed by atoms with Gasteiger partial charge in [-0.25, -0.2) is 0 Å². The highest BCUT2D eigenvalue weighted by atomic mass is 16.5. The molecule has 1 amide bonds. The van der Waals surface area contributed by atoms with Crippen LogP contribution in [0.2, 0.25) is 0 Å². The van der Waals surface area contributed by atoms with Crippen LogP contribution in [0.4, 0.5) is 0 Å². The standard InChI is InChI=1S/C23H29NO4/c1-18-8-12-21(13-9-18)28-17-4-3-16-24-23(26)7-5-6-22(25)19-10-14-20(27-2)15-11-19/h8-15H,3-7,16-17H2,1-2H3,(H,24,26). The van der Waals surface area contributed by atoms with Gasteiger partial charge in [-0.2, -0.15) is 0 Å². The number of carbonyl (C=O) groups is 2. The highest BCUT2D eigenvalue weighted by Crippen LogP contribution is 2.14. The Morgan fingerprint density at radius 2 is 1.54 bits per heavy atom. The zero-order chi connectivity index (χ0) is 20.2. The van der Waals surface area contributed by atoms with Crippen molar-refractivity contribution in [3.8, 4) is 11.5 Å². The van der Waals surface area contributed by atoms with Gasteiger partial charge in [-0.1, -0.05) is 17.7 Å². The summed E-state index contributed by atoms with van der Waals surface area (Å²) in [5.74, 6) is 1.63. The van der Waals surface area contributed by atoms with Crippen LogP contribution in [-0.2, 0) is 4.79 Å². The number of nitrogens with one attached hydrogen (secondary N) is 1. The molecule has 2 aromatic rings. The molecule has 0 radical (unpaired) electrons. The summed E-state index contributed by atoms with van der Waals surface area (Å²) < 4.78 is 10.7. The summed E-state index contributed by atoms with van der Waals surface area (Å²) in [6.45, 7) is 3.30. The second kappa shape index (κ2) is 11.8. The van der Waals surface area contributed by atoms with Gasteiger partial charge in [0.25, 0.3) is 0 Å². The molecule has 0 saturated carbocycles. The predicted molar refractivity (Wildman–Crippen MR) is 110 cm³/mol. The number of benzene rings is 2. The van der Waals surface area contributed by atoms with Gasteiger partial charge in [0.1, 0.15) is 11.5 Å². The zero-order valence-electron chi connectivity index (χ0n) is 16.7. The van der Waals surface area contributed by atoms with E-state index in [1.165, 1.54) is 5.56 Å². The Morgan fingerprint density at radius 3 is 2.21 bits per heavy atom. The number of methoxy groups -OCH3 is 1. The molecule has 0 aromatic heterocycles. The Kier molecular flexibility index (Phi) is 9.05. The molecule has 150 valence electrons. The Balaban J connectivity index is 1.51. The van der Waals surface area contributed by atoms with Crippen LogP contribution in [0.3, 0.4) is 0 Å². The van der Waals surface area contributed by atoms with Crippen LogP contribution < -0.4 is 14.8 Å². The van der Waals surface area contributed by atoms with E-state index in [1.54, 1.807) is 31.4 Å². The summed E-state index contributed by atoms with van der Waals surface area (Å²) in [5.41, 5.74) is 1.86. The molecule has 2 rings (SSSR count). The van der Waals surface area contributed by atoms with Crippen LogP contribution in [-0.4, -0.2) is 32.0 Å². The van der Waals surface area contributed by atoms with Crippen molar-refractivity contribution in [1.29, 1.82) is 0 Å². The number of hydrogen-bond acceptors (Lipinski definition) is 4. The van der Waals surface area contributed by atoms with Gasteiger partial charge in [-0.3, -0.25) is 9.59 Å². The molecule has 0 aliphatic carbocycles. The van der Waals surface area contributed by atoms with Gasteiger partial charge in [-0.05, 0) is 62.6 Å². The number of carbonyl (C=O) groups excluding carboxylic acids is 2. The Morgan fingerprint density at radius 1 is 0.857 bits per heavy atom. The van der Waals surface area contributed by atoms with E-state index in [1.807, 2.05) is 31.2 Å². The fraction of sp³-hybridized carbons (Fsp3) is 0.391. The summed E-state index contributed by atoms with van der Waals surface area (Å²) in [6, 6.07) is 15.0. The van der Waals surface area contributed by atoms with Crippen molar-refractivity contribution in [3.63, 3.8) is 0 Å². The van der Waals surface area contributed by atoms with Crippen LogP contribution in [0.25, 0.3) is 0 Å². The van der Waals surface area contributed by atoms with E-state index >= 15 is 0 Å². The van der Waals surface area contributed by atoms with Gasteiger partial charge in [0, 0.05) is 24.9 Å². The number of rotatable bonds is 12. The number of Topliss-reactive ketones (excluding diaryl/α,β-unsaturated/α-hetero) is 1. The largest absolute Gasteiger partial charge is 0.497 e. The van der Waals surface area contributed by atoms with Gasteiger partial charge in [0.05, 0.1) is 13.7 Å². The molecule has 0 aliphatic rings. The molecule has 0 bridgehead atoms. The van der Waals surface area contributed by atoms with Gasteiger partial charge < -0.3 is 14.8 Å². The number of amides is 1. The van der Waals surface area contributed by atoms with E-state index < -0.39 is 0 Å². The number of ether oxygens (including phenoxy) is 2. The predicted octanol–water partition coefficient (Wildman–Crippen LogP) is 4.33. The first-order valence-corrected chi connectivity index (χ1v) is 9.72. The molecule has 0 unspecified atom stereocenters. The van der Waals surface area contributed by atoms with Crippen molar-refractivity contribution in [2.45, 2.75) is 39.0 Å². The second-order valence-corrected chi connectivity index (χ2v) is 6.72. The van der Waals surface area contributed by atoms with Crippen molar-refractivity contribution < 1.29 is 19.1 Å². The van der Waals surface area contributed by atoms with E-state index in [0.29, 0.717) is 38.0 Å². The number of aryl methyl sites for hydroxylation is 1. The molecule has 1 N–H and O–H groups in total. The number of hydrogen-bond donors (Lipinski definition) is 1. The summed E-state index contributed by atoms with van der Waals surface area (Å²) in [5, 5.41) is 2.90.